The molecule has 42 heavy (non-hydrogen) atoms. The van der Waals surface area contributed by atoms with Gasteiger partial charge in [-0.15, -0.1) is 0 Å². The van der Waals surface area contributed by atoms with E-state index in [-0.39, 0.29) is 29.0 Å². The van der Waals surface area contributed by atoms with Gasteiger partial charge in [0.2, 0.25) is 0 Å². The zero-order valence-electron chi connectivity index (χ0n) is 23.8. The van der Waals surface area contributed by atoms with Crippen LogP contribution in [0.15, 0.2) is 77.6 Å². The molecule has 0 radical (unpaired) electrons. The Bertz CT molecular complexity index is 1620. The maximum Gasteiger partial charge on any atom is 0.306 e. The lowest BCUT2D eigenvalue weighted by atomic mass is 9.87. The standard InChI is InChI=1S/C34H35NO7/c1-22-19-29(37)33(34(39)35(22)16-13-23-7-10-26(36)11-8-23)28(21-32(38)40-2)27-5-3-4-6-31(27)42-17-14-24-9-12-30-25(20-24)15-18-41-30/h3-12,19-20,28,36-37H,13-18,21H2,1-2H3/t28-/m1/s1. The normalized spacial score (nSPS) is 12.8. The SMILES string of the molecule is COC(=O)C[C@H](c1ccccc1OCCc1ccc2c(c1)CCO2)c1c(O)cc(C)n(CCc2ccc(O)cc2)c1=O. The fourth-order valence-corrected chi connectivity index (χ4v) is 5.47. The summed E-state index contributed by atoms with van der Waals surface area (Å²) in [6, 6.07) is 21.8. The van der Waals surface area contributed by atoms with Crippen molar-refractivity contribution < 1.29 is 29.2 Å². The van der Waals surface area contributed by atoms with E-state index in [1.807, 2.05) is 36.4 Å². The van der Waals surface area contributed by atoms with Gasteiger partial charge in [0, 0.05) is 36.6 Å². The topological polar surface area (TPSA) is 107 Å². The first-order chi connectivity index (χ1) is 20.3. The quantitative estimate of drug-likeness (QED) is 0.243. The number of nitrogens with zero attached hydrogens (tertiary/aromatic N) is 1. The third-order valence-electron chi connectivity index (χ3n) is 7.73. The van der Waals surface area contributed by atoms with Crippen molar-refractivity contribution in [3.8, 4) is 23.0 Å². The Morgan fingerprint density at radius 2 is 1.76 bits per heavy atom. The molecular formula is C34H35NO7. The van der Waals surface area contributed by atoms with Gasteiger partial charge in [-0.05, 0) is 60.4 Å². The monoisotopic (exact) mass is 569 g/mol. The molecule has 0 amide bonds. The lowest BCUT2D eigenvalue weighted by Gasteiger charge is -2.22. The summed E-state index contributed by atoms with van der Waals surface area (Å²) in [7, 11) is 1.30. The number of pyridine rings is 1. The number of phenols is 1. The van der Waals surface area contributed by atoms with Gasteiger partial charge < -0.3 is 29.0 Å². The Labute approximate surface area is 244 Å². The van der Waals surface area contributed by atoms with E-state index in [0.29, 0.717) is 49.6 Å². The molecule has 1 aliphatic heterocycles. The second-order valence-electron chi connectivity index (χ2n) is 10.5. The first-order valence-electron chi connectivity index (χ1n) is 14.1. The number of aromatic nitrogens is 1. The predicted molar refractivity (Wildman–Crippen MR) is 159 cm³/mol. The first kappa shape index (κ1) is 28.8. The molecule has 2 N–H and O–H groups in total. The minimum absolute atomic E-state index is 0.117. The number of aromatic hydroxyl groups is 2. The number of hydrogen-bond acceptors (Lipinski definition) is 7. The average Bonchev–Trinajstić information content (AvgIpc) is 3.45. The number of para-hydroxylation sites is 1. The van der Waals surface area contributed by atoms with Gasteiger partial charge in [-0.1, -0.05) is 42.5 Å². The highest BCUT2D eigenvalue weighted by Gasteiger charge is 2.29. The van der Waals surface area contributed by atoms with Gasteiger partial charge in [-0.3, -0.25) is 9.59 Å². The Morgan fingerprint density at radius 3 is 2.55 bits per heavy atom. The first-order valence-corrected chi connectivity index (χ1v) is 14.1. The van der Waals surface area contributed by atoms with E-state index < -0.39 is 11.9 Å². The zero-order valence-corrected chi connectivity index (χ0v) is 23.8. The summed E-state index contributed by atoms with van der Waals surface area (Å²) < 4.78 is 18.4. The van der Waals surface area contributed by atoms with Crippen molar-refractivity contribution in [2.45, 2.75) is 45.1 Å². The largest absolute Gasteiger partial charge is 0.508 e. The number of phenolic OH excluding ortho intramolecular Hbond substituents is 1. The van der Waals surface area contributed by atoms with Gasteiger partial charge in [0.1, 0.15) is 23.0 Å². The van der Waals surface area contributed by atoms with E-state index in [1.165, 1.54) is 12.7 Å². The molecule has 4 aromatic rings. The van der Waals surface area contributed by atoms with E-state index in [1.54, 1.807) is 41.8 Å². The lowest BCUT2D eigenvalue weighted by molar-refractivity contribution is -0.140. The van der Waals surface area contributed by atoms with Crippen LogP contribution >= 0.6 is 0 Å². The van der Waals surface area contributed by atoms with Crippen molar-refractivity contribution in [1.29, 1.82) is 0 Å². The number of ether oxygens (including phenoxy) is 3. The van der Waals surface area contributed by atoms with E-state index in [0.717, 1.165) is 23.3 Å². The van der Waals surface area contributed by atoms with Crippen LogP contribution in [-0.4, -0.2) is 41.1 Å². The number of rotatable bonds is 11. The van der Waals surface area contributed by atoms with Crippen molar-refractivity contribution in [3.05, 3.63) is 117 Å². The molecule has 0 unspecified atom stereocenters. The van der Waals surface area contributed by atoms with Crippen LogP contribution in [0.1, 0.15) is 45.8 Å². The molecule has 1 aliphatic rings. The summed E-state index contributed by atoms with van der Waals surface area (Å²) in [6.45, 7) is 3.21. The van der Waals surface area contributed by atoms with Crippen LogP contribution in [0.2, 0.25) is 0 Å². The highest BCUT2D eigenvalue weighted by molar-refractivity contribution is 5.72. The van der Waals surface area contributed by atoms with Crippen molar-refractivity contribution in [1.82, 2.24) is 4.57 Å². The summed E-state index contributed by atoms with van der Waals surface area (Å²) in [6.07, 6.45) is 1.96. The van der Waals surface area contributed by atoms with Crippen LogP contribution in [-0.2, 0) is 35.3 Å². The van der Waals surface area contributed by atoms with Crippen LogP contribution in [0, 0.1) is 6.92 Å². The Morgan fingerprint density at radius 1 is 1.00 bits per heavy atom. The Kier molecular flexibility index (Phi) is 8.81. The number of carbonyl (C=O) groups is 1. The van der Waals surface area contributed by atoms with E-state index in [9.17, 15) is 19.8 Å². The van der Waals surface area contributed by atoms with Crippen molar-refractivity contribution in [3.63, 3.8) is 0 Å². The maximum atomic E-state index is 13.9. The number of carbonyl (C=O) groups excluding carboxylic acids is 1. The predicted octanol–water partition coefficient (Wildman–Crippen LogP) is 5.06. The lowest BCUT2D eigenvalue weighted by Crippen LogP contribution is -2.29. The highest BCUT2D eigenvalue weighted by atomic mass is 16.5. The fourth-order valence-electron chi connectivity index (χ4n) is 5.47. The molecule has 0 saturated carbocycles. The summed E-state index contributed by atoms with van der Waals surface area (Å²) in [5.74, 6) is 0.159. The second kappa shape index (κ2) is 12.9. The number of aryl methyl sites for hydroxylation is 2. The molecule has 3 aromatic carbocycles. The minimum atomic E-state index is -0.793. The number of hydrogen-bond donors (Lipinski definition) is 2. The van der Waals surface area contributed by atoms with Crippen LogP contribution in [0.3, 0.4) is 0 Å². The van der Waals surface area contributed by atoms with E-state index >= 15 is 0 Å². The molecule has 0 saturated heterocycles. The smallest absolute Gasteiger partial charge is 0.306 e. The van der Waals surface area contributed by atoms with Crippen molar-refractivity contribution in [2.24, 2.45) is 0 Å². The van der Waals surface area contributed by atoms with Gasteiger partial charge in [-0.25, -0.2) is 0 Å². The number of methoxy groups -OCH3 is 1. The summed E-state index contributed by atoms with van der Waals surface area (Å²) >= 11 is 0. The molecule has 5 rings (SSSR count). The van der Waals surface area contributed by atoms with Crippen molar-refractivity contribution in [2.75, 3.05) is 20.3 Å². The third kappa shape index (κ3) is 6.43. The van der Waals surface area contributed by atoms with Crippen LogP contribution in [0.4, 0.5) is 0 Å². The third-order valence-corrected chi connectivity index (χ3v) is 7.73. The molecule has 0 spiro atoms. The molecule has 1 aromatic heterocycles. The van der Waals surface area contributed by atoms with Gasteiger partial charge in [0.05, 0.1) is 32.3 Å². The molecule has 2 heterocycles. The molecule has 1 atom stereocenters. The molecule has 0 fully saturated rings. The molecule has 0 aliphatic carbocycles. The Balaban J connectivity index is 1.44. The summed E-state index contributed by atoms with van der Waals surface area (Å²) in [5.41, 5.74) is 4.24. The number of esters is 1. The maximum absolute atomic E-state index is 13.9. The molecule has 0 bridgehead atoms. The molecular weight excluding hydrogens is 534 g/mol. The van der Waals surface area contributed by atoms with E-state index in [4.69, 9.17) is 14.2 Å². The van der Waals surface area contributed by atoms with Crippen LogP contribution in [0.5, 0.6) is 23.0 Å². The van der Waals surface area contributed by atoms with Crippen LogP contribution in [0.25, 0.3) is 0 Å². The summed E-state index contributed by atoms with van der Waals surface area (Å²) in [5, 5.41) is 20.7. The van der Waals surface area contributed by atoms with Gasteiger partial charge in [0.25, 0.3) is 5.56 Å². The summed E-state index contributed by atoms with van der Waals surface area (Å²) in [4.78, 5) is 26.5. The van der Waals surface area contributed by atoms with Gasteiger partial charge in [-0.2, -0.15) is 0 Å². The molecule has 218 valence electrons. The Hall–Kier alpha value is -4.72. The number of fused-ring (bicyclic) bond motifs is 1. The van der Waals surface area contributed by atoms with E-state index in [2.05, 4.69) is 6.07 Å². The minimum Gasteiger partial charge on any atom is -0.508 e. The highest BCUT2D eigenvalue weighted by Crippen LogP contribution is 2.37. The number of benzene rings is 3. The second-order valence-corrected chi connectivity index (χ2v) is 10.5. The fraction of sp³-hybridized carbons (Fsp3) is 0.294. The van der Waals surface area contributed by atoms with Crippen LogP contribution < -0.4 is 15.0 Å². The average molecular weight is 570 g/mol. The molecule has 8 heteroatoms. The van der Waals surface area contributed by atoms with Gasteiger partial charge >= 0.3 is 5.97 Å². The van der Waals surface area contributed by atoms with Gasteiger partial charge in [0.15, 0.2) is 0 Å². The zero-order chi connectivity index (χ0) is 29.6. The van der Waals surface area contributed by atoms with Crippen molar-refractivity contribution >= 4 is 5.97 Å². The molecule has 8 nitrogen and oxygen atoms in total.